The molecule has 1 N–H and O–H groups in total. The zero-order chi connectivity index (χ0) is 17.6. The molecule has 3 rings (SSSR count). The summed E-state index contributed by atoms with van der Waals surface area (Å²) < 4.78 is 0. The van der Waals surface area contributed by atoms with Crippen LogP contribution in [-0.4, -0.2) is 34.9 Å². The van der Waals surface area contributed by atoms with Gasteiger partial charge in [0, 0.05) is 24.1 Å². The van der Waals surface area contributed by atoms with Crippen molar-refractivity contribution in [2.24, 2.45) is 0 Å². The van der Waals surface area contributed by atoms with Gasteiger partial charge in [-0.2, -0.15) is 0 Å². The summed E-state index contributed by atoms with van der Waals surface area (Å²) in [5.74, 6) is 0.159. The van der Waals surface area contributed by atoms with E-state index < -0.39 is 6.10 Å². The molecule has 0 radical (unpaired) electrons. The predicted octanol–water partition coefficient (Wildman–Crippen LogP) is 4.01. The van der Waals surface area contributed by atoms with Crippen molar-refractivity contribution in [3.63, 3.8) is 0 Å². The molecule has 2 aromatic rings. The van der Waals surface area contributed by atoms with Gasteiger partial charge in [0.15, 0.2) is 5.78 Å². The number of benzene rings is 2. The van der Waals surface area contributed by atoms with Gasteiger partial charge in [-0.05, 0) is 25.5 Å². The number of ketones is 1. The second kappa shape index (κ2) is 8.24. The number of hydrogen-bond acceptors (Lipinski definition) is 3. The van der Waals surface area contributed by atoms with Crippen molar-refractivity contribution in [2.45, 2.75) is 37.5 Å². The lowest BCUT2D eigenvalue weighted by atomic mass is 9.92. The Labute approximate surface area is 149 Å². The van der Waals surface area contributed by atoms with Crippen LogP contribution in [0.4, 0.5) is 0 Å². The van der Waals surface area contributed by atoms with Crippen LogP contribution in [0.2, 0.25) is 0 Å². The van der Waals surface area contributed by atoms with E-state index in [9.17, 15) is 9.90 Å². The zero-order valence-electron chi connectivity index (χ0n) is 14.6. The monoisotopic (exact) mass is 335 g/mol. The lowest BCUT2D eigenvalue weighted by Crippen LogP contribution is -2.43. The molecule has 0 unspecified atom stereocenters. The lowest BCUT2D eigenvalue weighted by Gasteiger charge is -2.37. The van der Waals surface area contributed by atoms with Crippen LogP contribution < -0.4 is 0 Å². The highest BCUT2D eigenvalue weighted by Gasteiger charge is 2.28. The van der Waals surface area contributed by atoms with Gasteiger partial charge in [-0.1, -0.05) is 72.8 Å². The highest BCUT2D eigenvalue weighted by molar-refractivity contribution is 5.96. The van der Waals surface area contributed by atoms with Crippen LogP contribution in [0.5, 0.6) is 0 Å². The first-order valence-corrected chi connectivity index (χ1v) is 8.85. The van der Waals surface area contributed by atoms with E-state index in [0.717, 1.165) is 17.5 Å². The highest BCUT2D eigenvalue weighted by atomic mass is 16.3. The lowest BCUT2D eigenvalue weighted by molar-refractivity contribution is 0.0832. The third-order valence-corrected chi connectivity index (χ3v) is 5.04. The molecule has 130 valence electrons. The van der Waals surface area contributed by atoms with Crippen molar-refractivity contribution < 1.29 is 9.90 Å². The summed E-state index contributed by atoms with van der Waals surface area (Å²) in [7, 11) is 2.05. The second-order valence-corrected chi connectivity index (χ2v) is 6.71. The molecule has 25 heavy (non-hydrogen) atoms. The number of Topliss-reactive ketones (excluding diaryl/α,β-unsaturated/α-hetero) is 1. The normalized spacial score (nSPS) is 21.8. The fraction of sp³-hybridized carbons (Fsp3) is 0.318. The summed E-state index contributed by atoms with van der Waals surface area (Å²) in [4.78, 5) is 14.7. The van der Waals surface area contributed by atoms with E-state index in [1.54, 1.807) is 0 Å². The molecule has 2 aromatic carbocycles. The van der Waals surface area contributed by atoms with E-state index in [0.29, 0.717) is 12.8 Å². The predicted molar refractivity (Wildman–Crippen MR) is 101 cm³/mol. The molecule has 0 aliphatic carbocycles. The standard InChI is InChI=1S/C22H25NO2/c1-23-19(15-21(24)17-9-4-2-5-10-17)13-8-14-20(23)16-22(25)18-11-6-3-7-12-18/h2-13,19-20,22,25H,14-16H2,1H3/t19-,20+,22+/m1/s1. The number of hydrogen-bond donors (Lipinski definition) is 1. The van der Waals surface area contributed by atoms with Crippen molar-refractivity contribution >= 4 is 5.78 Å². The molecule has 0 spiro atoms. The van der Waals surface area contributed by atoms with Gasteiger partial charge in [-0.3, -0.25) is 9.69 Å². The van der Waals surface area contributed by atoms with Crippen LogP contribution in [0, 0.1) is 0 Å². The Bertz CT molecular complexity index is 711. The number of aliphatic hydroxyl groups is 1. The van der Waals surface area contributed by atoms with Crippen molar-refractivity contribution in [1.29, 1.82) is 0 Å². The number of likely N-dealkylation sites (N-methyl/N-ethyl adjacent to an activating group) is 1. The topological polar surface area (TPSA) is 40.5 Å². The van der Waals surface area contributed by atoms with Crippen LogP contribution in [0.3, 0.4) is 0 Å². The molecular formula is C22H25NO2. The number of carbonyl (C=O) groups is 1. The Morgan fingerprint density at radius 3 is 2.44 bits per heavy atom. The smallest absolute Gasteiger partial charge is 0.164 e. The SMILES string of the molecule is CN1[C@H](C[C@H](O)c2ccccc2)CC=C[C@@H]1CC(=O)c1ccccc1. The number of aliphatic hydroxyl groups excluding tert-OH is 1. The average Bonchev–Trinajstić information content (AvgIpc) is 2.66. The first-order chi connectivity index (χ1) is 12.1. The summed E-state index contributed by atoms with van der Waals surface area (Å²) in [5.41, 5.74) is 1.71. The molecule has 0 amide bonds. The van der Waals surface area contributed by atoms with Crippen LogP contribution in [-0.2, 0) is 0 Å². The highest BCUT2D eigenvalue weighted by Crippen LogP contribution is 2.27. The van der Waals surface area contributed by atoms with Crippen molar-refractivity contribution in [1.82, 2.24) is 4.90 Å². The van der Waals surface area contributed by atoms with Crippen molar-refractivity contribution in [3.8, 4) is 0 Å². The molecule has 3 heteroatoms. The van der Waals surface area contributed by atoms with Gasteiger partial charge in [-0.15, -0.1) is 0 Å². The minimum Gasteiger partial charge on any atom is -0.388 e. The van der Waals surface area contributed by atoms with E-state index in [1.807, 2.05) is 60.7 Å². The van der Waals surface area contributed by atoms with Gasteiger partial charge in [0.1, 0.15) is 0 Å². The van der Waals surface area contributed by atoms with Crippen molar-refractivity contribution in [3.05, 3.63) is 83.9 Å². The number of nitrogens with zero attached hydrogens (tertiary/aromatic N) is 1. The maximum Gasteiger partial charge on any atom is 0.164 e. The molecule has 0 bridgehead atoms. The quantitative estimate of drug-likeness (QED) is 0.640. The minimum atomic E-state index is -0.481. The zero-order valence-corrected chi connectivity index (χ0v) is 14.6. The van der Waals surface area contributed by atoms with E-state index in [-0.39, 0.29) is 17.9 Å². The van der Waals surface area contributed by atoms with Gasteiger partial charge >= 0.3 is 0 Å². The average molecular weight is 335 g/mol. The Hall–Kier alpha value is -2.23. The van der Waals surface area contributed by atoms with Gasteiger partial charge in [0.05, 0.1) is 6.10 Å². The van der Waals surface area contributed by atoms with Crippen LogP contribution in [0.1, 0.15) is 41.3 Å². The molecule has 0 saturated carbocycles. The van der Waals surface area contributed by atoms with Crippen LogP contribution in [0.25, 0.3) is 0 Å². The van der Waals surface area contributed by atoms with E-state index in [1.165, 1.54) is 0 Å². The molecule has 3 nitrogen and oxygen atoms in total. The maximum atomic E-state index is 12.5. The number of rotatable bonds is 6. The minimum absolute atomic E-state index is 0.0782. The Kier molecular flexibility index (Phi) is 5.79. The Morgan fingerprint density at radius 1 is 1.12 bits per heavy atom. The molecule has 3 atom stereocenters. The number of carbonyl (C=O) groups excluding carboxylic acids is 1. The molecule has 1 aliphatic rings. The Morgan fingerprint density at radius 2 is 1.76 bits per heavy atom. The summed E-state index contributed by atoms with van der Waals surface area (Å²) in [6.45, 7) is 0. The fourth-order valence-electron chi connectivity index (χ4n) is 3.44. The Balaban J connectivity index is 1.63. The summed E-state index contributed by atoms with van der Waals surface area (Å²) in [6.07, 6.45) is 5.81. The van der Waals surface area contributed by atoms with Crippen molar-refractivity contribution in [2.75, 3.05) is 7.05 Å². The summed E-state index contributed by atoms with van der Waals surface area (Å²) >= 11 is 0. The summed E-state index contributed by atoms with van der Waals surface area (Å²) in [5, 5.41) is 10.5. The maximum absolute atomic E-state index is 12.5. The largest absolute Gasteiger partial charge is 0.388 e. The molecule has 1 heterocycles. The van der Waals surface area contributed by atoms with Gasteiger partial charge in [-0.25, -0.2) is 0 Å². The third kappa shape index (κ3) is 4.44. The first kappa shape index (κ1) is 17.6. The van der Waals surface area contributed by atoms with Crippen LogP contribution in [0.15, 0.2) is 72.8 Å². The van der Waals surface area contributed by atoms with Gasteiger partial charge in [0.25, 0.3) is 0 Å². The second-order valence-electron chi connectivity index (χ2n) is 6.71. The third-order valence-electron chi connectivity index (χ3n) is 5.04. The molecule has 0 aromatic heterocycles. The molecule has 0 fully saturated rings. The molecular weight excluding hydrogens is 310 g/mol. The van der Waals surface area contributed by atoms with E-state index >= 15 is 0 Å². The molecule has 0 saturated heterocycles. The first-order valence-electron chi connectivity index (χ1n) is 8.85. The van der Waals surface area contributed by atoms with Gasteiger partial charge < -0.3 is 5.11 Å². The fourth-order valence-corrected chi connectivity index (χ4v) is 3.44. The van der Waals surface area contributed by atoms with Crippen LogP contribution >= 0.6 is 0 Å². The van der Waals surface area contributed by atoms with E-state index in [2.05, 4.69) is 24.1 Å². The summed E-state index contributed by atoms with van der Waals surface area (Å²) in [6, 6.07) is 19.5. The molecule has 1 aliphatic heterocycles. The van der Waals surface area contributed by atoms with Gasteiger partial charge in [0.2, 0.25) is 0 Å². The van der Waals surface area contributed by atoms with E-state index in [4.69, 9.17) is 0 Å².